The van der Waals surface area contributed by atoms with Crippen molar-refractivity contribution in [2.45, 2.75) is 20.5 Å². The lowest BCUT2D eigenvalue weighted by Crippen LogP contribution is -2.13. The molecule has 5 heteroatoms. The molecule has 1 aromatic heterocycles. The number of aryl methyl sites for hydroxylation is 1. The van der Waals surface area contributed by atoms with E-state index in [1.165, 1.54) is 0 Å². The van der Waals surface area contributed by atoms with Gasteiger partial charge in [-0.1, -0.05) is 12.1 Å². The molecule has 0 spiro atoms. The first kappa shape index (κ1) is 13.3. The van der Waals surface area contributed by atoms with Crippen molar-refractivity contribution >= 4 is 11.7 Å². The van der Waals surface area contributed by atoms with Gasteiger partial charge in [-0.2, -0.15) is 5.10 Å². The van der Waals surface area contributed by atoms with Crippen LogP contribution in [0.4, 0.5) is 5.82 Å². The van der Waals surface area contributed by atoms with Gasteiger partial charge in [0.2, 0.25) is 0 Å². The Labute approximate surface area is 112 Å². The van der Waals surface area contributed by atoms with Gasteiger partial charge in [-0.05, 0) is 31.5 Å². The van der Waals surface area contributed by atoms with E-state index < -0.39 is 0 Å². The number of amides is 1. The second-order valence-corrected chi connectivity index (χ2v) is 4.41. The summed E-state index contributed by atoms with van der Waals surface area (Å²) in [6, 6.07) is 7.34. The molecule has 0 saturated heterocycles. The highest BCUT2D eigenvalue weighted by Gasteiger charge is 2.11. The Hall–Kier alpha value is -2.14. The van der Waals surface area contributed by atoms with E-state index in [2.05, 4.69) is 15.5 Å². The lowest BCUT2D eigenvalue weighted by Gasteiger charge is -2.05. The number of aromatic amines is 1. The molecule has 0 fully saturated rings. The topological polar surface area (TPSA) is 67.0 Å². The molecule has 0 unspecified atom stereocenters. The summed E-state index contributed by atoms with van der Waals surface area (Å²) in [7, 11) is 1.63. The van der Waals surface area contributed by atoms with Gasteiger partial charge in [0.05, 0.1) is 6.61 Å². The summed E-state index contributed by atoms with van der Waals surface area (Å²) in [6.07, 6.45) is 0. The predicted molar refractivity (Wildman–Crippen MR) is 73.2 cm³/mol. The molecule has 0 aliphatic heterocycles. The Kier molecular flexibility index (Phi) is 3.97. The van der Waals surface area contributed by atoms with Gasteiger partial charge in [-0.15, -0.1) is 0 Å². The summed E-state index contributed by atoms with van der Waals surface area (Å²) < 4.78 is 5.05. The van der Waals surface area contributed by atoms with Crippen LogP contribution in [0, 0.1) is 13.8 Å². The molecule has 1 amide bonds. The number of ether oxygens (including phenoxy) is 1. The summed E-state index contributed by atoms with van der Waals surface area (Å²) in [5.41, 5.74) is 3.45. The highest BCUT2D eigenvalue weighted by atomic mass is 16.5. The van der Waals surface area contributed by atoms with Crippen LogP contribution in [-0.2, 0) is 11.3 Å². The first-order valence-electron chi connectivity index (χ1n) is 6.02. The SMILES string of the molecule is COCc1cccc(C(=O)Nc2n[nH]c(C)c2C)c1. The monoisotopic (exact) mass is 259 g/mol. The smallest absolute Gasteiger partial charge is 0.256 e. The van der Waals surface area contributed by atoms with Crippen LogP contribution in [-0.4, -0.2) is 23.2 Å². The molecule has 0 bridgehead atoms. The molecule has 0 aliphatic rings. The number of hydrogen-bond donors (Lipinski definition) is 2. The van der Waals surface area contributed by atoms with Crippen molar-refractivity contribution in [3.8, 4) is 0 Å². The standard InChI is InChI=1S/C14H17N3O2/c1-9-10(2)16-17-13(9)15-14(18)12-6-4-5-11(7-12)8-19-3/h4-7H,8H2,1-3H3,(H2,15,16,17,18). The van der Waals surface area contributed by atoms with Gasteiger partial charge in [-0.3, -0.25) is 9.89 Å². The summed E-state index contributed by atoms with van der Waals surface area (Å²) in [5, 5.41) is 9.69. The molecule has 0 aliphatic carbocycles. The second-order valence-electron chi connectivity index (χ2n) is 4.41. The molecule has 0 saturated carbocycles. The van der Waals surface area contributed by atoms with Crippen LogP contribution >= 0.6 is 0 Å². The van der Waals surface area contributed by atoms with Crippen molar-refractivity contribution < 1.29 is 9.53 Å². The summed E-state index contributed by atoms with van der Waals surface area (Å²) in [5.74, 6) is 0.396. The minimum absolute atomic E-state index is 0.174. The van der Waals surface area contributed by atoms with E-state index in [1.54, 1.807) is 13.2 Å². The number of methoxy groups -OCH3 is 1. The molecule has 19 heavy (non-hydrogen) atoms. The van der Waals surface area contributed by atoms with Crippen molar-refractivity contribution in [2.75, 3.05) is 12.4 Å². The molecule has 2 aromatic rings. The largest absolute Gasteiger partial charge is 0.380 e. The summed E-state index contributed by atoms with van der Waals surface area (Å²) in [6.45, 7) is 4.31. The molecule has 5 nitrogen and oxygen atoms in total. The minimum atomic E-state index is -0.174. The van der Waals surface area contributed by atoms with Crippen LogP contribution in [0.25, 0.3) is 0 Å². The molecule has 1 aromatic carbocycles. The zero-order valence-electron chi connectivity index (χ0n) is 11.3. The number of anilines is 1. The van der Waals surface area contributed by atoms with Crippen LogP contribution in [0.3, 0.4) is 0 Å². The maximum Gasteiger partial charge on any atom is 0.256 e. The second kappa shape index (κ2) is 5.67. The Bertz CT molecular complexity index is 590. The third-order valence-electron chi connectivity index (χ3n) is 2.99. The Morgan fingerprint density at radius 1 is 1.42 bits per heavy atom. The number of carbonyl (C=O) groups excluding carboxylic acids is 1. The Morgan fingerprint density at radius 3 is 2.84 bits per heavy atom. The van der Waals surface area contributed by atoms with Gasteiger partial charge in [-0.25, -0.2) is 0 Å². The van der Waals surface area contributed by atoms with E-state index in [1.807, 2.05) is 32.0 Å². The first-order valence-corrected chi connectivity index (χ1v) is 6.02. The van der Waals surface area contributed by atoms with Gasteiger partial charge in [0.1, 0.15) is 0 Å². The van der Waals surface area contributed by atoms with Crippen molar-refractivity contribution in [3.63, 3.8) is 0 Å². The van der Waals surface area contributed by atoms with Gasteiger partial charge in [0.25, 0.3) is 5.91 Å². The number of H-pyrrole nitrogens is 1. The number of benzene rings is 1. The molecule has 0 radical (unpaired) electrons. The average molecular weight is 259 g/mol. The van der Waals surface area contributed by atoms with Crippen LogP contribution < -0.4 is 5.32 Å². The quantitative estimate of drug-likeness (QED) is 0.886. The summed E-state index contributed by atoms with van der Waals surface area (Å²) >= 11 is 0. The van der Waals surface area contributed by atoms with Crippen molar-refractivity contribution in [1.82, 2.24) is 10.2 Å². The van der Waals surface area contributed by atoms with E-state index in [-0.39, 0.29) is 5.91 Å². The van der Waals surface area contributed by atoms with E-state index in [0.29, 0.717) is 18.0 Å². The molecular formula is C14H17N3O2. The molecule has 100 valence electrons. The van der Waals surface area contributed by atoms with E-state index >= 15 is 0 Å². The molecular weight excluding hydrogens is 242 g/mol. The van der Waals surface area contributed by atoms with Crippen LogP contribution in [0.1, 0.15) is 27.2 Å². The molecule has 1 heterocycles. The lowest BCUT2D eigenvalue weighted by molar-refractivity contribution is 0.102. The van der Waals surface area contributed by atoms with Crippen molar-refractivity contribution in [1.29, 1.82) is 0 Å². The number of hydrogen-bond acceptors (Lipinski definition) is 3. The fourth-order valence-corrected chi connectivity index (χ4v) is 1.76. The maximum absolute atomic E-state index is 12.1. The van der Waals surface area contributed by atoms with Gasteiger partial charge in [0.15, 0.2) is 5.82 Å². The van der Waals surface area contributed by atoms with Crippen LogP contribution in [0.15, 0.2) is 24.3 Å². The molecule has 2 N–H and O–H groups in total. The normalized spacial score (nSPS) is 10.5. The van der Waals surface area contributed by atoms with Gasteiger partial charge in [0, 0.05) is 23.9 Å². The maximum atomic E-state index is 12.1. The Morgan fingerprint density at radius 2 is 2.21 bits per heavy atom. The van der Waals surface area contributed by atoms with Gasteiger partial charge < -0.3 is 10.1 Å². The number of rotatable bonds is 4. The number of nitrogens with one attached hydrogen (secondary N) is 2. The zero-order chi connectivity index (χ0) is 13.8. The van der Waals surface area contributed by atoms with E-state index in [4.69, 9.17) is 4.74 Å². The van der Waals surface area contributed by atoms with Gasteiger partial charge >= 0.3 is 0 Å². The molecule has 2 rings (SSSR count). The number of nitrogens with zero attached hydrogens (tertiary/aromatic N) is 1. The number of carbonyl (C=O) groups is 1. The third-order valence-corrected chi connectivity index (χ3v) is 2.99. The van der Waals surface area contributed by atoms with Crippen molar-refractivity contribution in [2.24, 2.45) is 0 Å². The highest BCUT2D eigenvalue weighted by Crippen LogP contribution is 2.15. The average Bonchev–Trinajstić information content (AvgIpc) is 2.71. The lowest BCUT2D eigenvalue weighted by atomic mass is 10.1. The van der Waals surface area contributed by atoms with Crippen LogP contribution in [0.5, 0.6) is 0 Å². The fraction of sp³-hybridized carbons (Fsp3) is 0.286. The number of aromatic nitrogens is 2. The molecule has 0 atom stereocenters. The Balaban J connectivity index is 2.16. The third kappa shape index (κ3) is 3.00. The predicted octanol–water partition coefficient (Wildman–Crippen LogP) is 2.43. The van der Waals surface area contributed by atoms with E-state index in [9.17, 15) is 4.79 Å². The van der Waals surface area contributed by atoms with Crippen LogP contribution in [0.2, 0.25) is 0 Å². The first-order chi connectivity index (χ1) is 9.11. The summed E-state index contributed by atoms with van der Waals surface area (Å²) in [4.78, 5) is 12.1. The van der Waals surface area contributed by atoms with E-state index in [0.717, 1.165) is 16.8 Å². The minimum Gasteiger partial charge on any atom is -0.380 e. The fourth-order valence-electron chi connectivity index (χ4n) is 1.76. The highest BCUT2D eigenvalue weighted by molar-refractivity contribution is 6.04. The van der Waals surface area contributed by atoms with Crippen molar-refractivity contribution in [3.05, 3.63) is 46.6 Å². The zero-order valence-corrected chi connectivity index (χ0v) is 11.3.